The van der Waals surface area contributed by atoms with Gasteiger partial charge in [-0.2, -0.15) is 0 Å². The number of ether oxygens (including phenoxy) is 3. The van der Waals surface area contributed by atoms with E-state index in [1.807, 2.05) is 18.2 Å². The first kappa shape index (κ1) is 18.5. The molecule has 0 saturated heterocycles. The molecule has 1 amide bonds. The van der Waals surface area contributed by atoms with Crippen LogP contribution in [0.5, 0.6) is 11.5 Å². The van der Waals surface area contributed by atoms with E-state index in [1.165, 1.54) is 0 Å². The number of anilines is 2. The Kier molecular flexibility index (Phi) is 7.03. The maximum Gasteiger partial charge on any atom is 0.269 e. The maximum absolute atomic E-state index is 12.0. The van der Waals surface area contributed by atoms with Gasteiger partial charge in [0.25, 0.3) is 5.91 Å². The first-order chi connectivity index (χ1) is 12.2. The molecular weight excluding hydrogens is 322 g/mol. The van der Waals surface area contributed by atoms with Gasteiger partial charge in [-0.1, -0.05) is 0 Å². The van der Waals surface area contributed by atoms with Crippen molar-refractivity contribution in [2.24, 2.45) is 0 Å². The highest BCUT2D eigenvalue weighted by Gasteiger charge is 2.08. The first-order valence-corrected chi connectivity index (χ1v) is 7.90. The van der Waals surface area contributed by atoms with Crippen LogP contribution < -0.4 is 20.1 Å². The van der Waals surface area contributed by atoms with Crippen molar-refractivity contribution < 1.29 is 19.0 Å². The smallest absolute Gasteiger partial charge is 0.269 e. The minimum absolute atomic E-state index is 0.207. The zero-order chi connectivity index (χ0) is 18.1. The van der Waals surface area contributed by atoms with Gasteiger partial charge in [-0.3, -0.25) is 4.79 Å². The van der Waals surface area contributed by atoms with Crippen molar-refractivity contribution in [2.75, 3.05) is 39.8 Å². The van der Waals surface area contributed by atoms with E-state index in [0.717, 1.165) is 17.8 Å². The van der Waals surface area contributed by atoms with Gasteiger partial charge in [-0.15, -0.1) is 0 Å². The van der Waals surface area contributed by atoms with Crippen molar-refractivity contribution in [3.63, 3.8) is 0 Å². The lowest BCUT2D eigenvalue weighted by Gasteiger charge is -2.12. The fourth-order valence-corrected chi connectivity index (χ4v) is 2.18. The van der Waals surface area contributed by atoms with Crippen molar-refractivity contribution in [1.29, 1.82) is 0 Å². The molecule has 134 valence electrons. The van der Waals surface area contributed by atoms with E-state index in [2.05, 4.69) is 15.6 Å². The monoisotopic (exact) mass is 345 g/mol. The predicted octanol–water partition coefficient (Wildman–Crippen LogP) is 2.61. The highest BCUT2D eigenvalue weighted by Crippen LogP contribution is 2.31. The van der Waals surface area contributed by atoms with Gasteiger partial charge in [0.15, 0.2) is 0 Å². The summed E-state index contributed by atoms with van der Waals surface area (Å²) in [6, 6.07) is 8.92. The van der Waals surface area contributed by atoms with E-state index < -0.39 is 0 Å². The third kappa shape index (κ3) is 5.36. The van der Waals surface area contributed by atoms with E-state index in [9.17, 15) is 4.79 Å². The number of aromatic nitrogens is 1. The maximum atomic E-state index is 12.0. The first-order valence-electron chi connectivity index (χ1n) is 7.90. The number of amides is 1. The van der Waals surface area contributed by atoms with Crippen LogP contribution in [-0.4, -0.2) is 45.4 Å². The van der Waals surface area contributed by atoms with Crippen molar-refractivity contribution >= 4 is 17.3 Å². The van der Waals surface area contributed by atoms with Gasteiger partial charge in [-0.25, -0.2) is 4.98 Å². The summed E-state index contributed by atoms with van der Waals surface area (Å²) in [6.07, 6.45) is 2.36. The lowest BCUT2D eigenvalue weighted by Crippen LogP contribution is -2.26. The summed E-state index contributed by atoms with van der Waals surface area (Å²) in [5, 5.41) is 6.01. The lowest BCUT2D eigenvalue weighted by atomic mass is 10.2. The Labute approximate surface area is 147 Å². The number of methoxy groups -OCH3 is 3. The topological polar surface area (TPSA) is 81.7 Å². The molecule has 2 aromatic rings. The summed E-state index contributed by atoms with van der Waals surface area (Å²) < 4.78 is 15.5. The van der Waals surface area contributed by atoms with Gasteiger partial charge in [0.2, 0.25) is 0 Å². The second kappa shape index (κ2) is 9.48. The standard InChI is InChI=1S/C18H23N3O4/c1-23-10-4-9-19-18(22)15-7-5-13(12-20-15)21-16-11-14(24-2)6-8-17(16)25-3/h5-8,11-12,21H,4,9-10H2,1-3H3,(H,19,22). The van der Waals surface area contributed by atoms with Crippen LogP contribution in [0.4, 0.5) is 11.4 Å². The molecule has 0 saturated carbocycles. The predicted molar refractivity (Wildman–Crippen MR) is 95.9 cm³/mol. The number of benzene rings is 1. The minimum Gasteiger partial charge on any atom is -0.497 e. The van der Waals surface area contributed by atoms with Crippen LogP contribution in [0.25, 0.3) is 0 Å². The zero-order valence-corrected chi connectivity index (χ0v) is 14.7. The number of carbonyl (C=O) groups excluding carboxylic acids is 1. The molecule has 25 heavy (non-hydrogen) atoms. The number of rotatable bonds is 9. The summed E-state index contributed by atoms with van der Waals surface area (Å²) in [5.41, 5.74) is 1.85. The number of nitrogens with zero attached hydrogens (tertiary/aromatic N) is 1. The molecule has 0 atom stereocenters. The molecule has 7 heteroatoms. The molecule has 2 rings (SSSR count). The van der Waals surface area contributed by atoms with Crippen molar-refractivity contribution in [3.8, 4) is 11.5 Å². The van der Waals surface area contributed by atoms with Crippen LogP contribution in [0.3, 0.4) is 0 Å². The molecule has 1 aromatic carbocycles. The molecular formula is C18H23N3O4. The van der Waals surface area contributed by atoms with Crippen LogP contribution in [-0.2, 0) is 4.74 Å². The fourth-order valence-electron chi connectivity index (χ4n) is 2.18. The Bertz CT molecular complexity index is 689. The minimum atomic E-state index is -0.207. The molecule has 0 spiro atoms. The normalized spacial score (nSPS) is 10.2. The molecule has 0 bridgehead atoms. The van der Waals surface area contributed by atoms with Gasteiger partial charge in [-0.05, 0) is 30.7 Å². The molecule has 0 unspecified atom stereocenters. The van der Waals surface area contributed by atoms with Crippen molar-refractivity contribution in [1.82, 2.24) is 10.3 Å². The third-order valence-electron chi connectivity index (χ3n) is 3.49. The van der Waals surface area contributed by atoms with Crippen molar-refractivity contribution in [2.45, 2.75) is 6.42 Å². The average Bonchev–Trinajstić information content (AvgIpc) is 2.65. The average molecular weight is 345 g/mol. The summed E-state index contributed by atoms with van der Waals surface area (Å²) in [5.74, 6) is 1.19. The van der Waals surface area contributed by atoms with Crippen LogP contribution in [0.15, 0.2) is 36.5 Å². The Hall–Kier alpha value is -2.80. The SMILES string of the molecule is COCCCNC(=O)c1ccc(Nc2cc(OC)ccc2OC)cn1. The molecule has 0 radical (unpaired) electrons. The fraction of sp³-hybridized carbons (Fsp3) is 0.333. The molecule has 2 N–H and O–H groups in total. The lowest BCUT2D eigenvalue weighted by molar-refractivity contribution is 0.0943. The zero-order valence-electron chi connectivity index (χ0n) is 14.7. The van der Waals surface area contributed by atoms with E-state index in [1.54, 1.807) is 39.7 Å². The molecule has 0 fully saturated rings. The van der Waals surface area contributed by atoms with Gasteiger partial charge in [0, 0.05) is 26.3 Å². The molecule has 0 aliphatic carbocycles. The molecule has 1 heterocycles. The second-order valence-electron chi connectivity index (χ2n) is 5.23. The van der Waals surface area contributed by atoms with E-state index in [0.29, 0.717) is 30.3 Å². The van der Waals surface area contributed by atoms with E-state index in [4.69, 9.17) is 14.2 Å². The summed E-state index contributed by atoms with van der Waals surface area (Å²) in [7, 11) is 4.84. The number of hydrogen-bond acceptors (Lipinski definition) is 6. The summed E-state index contributed by atoms with van der Waals surface area (Å²) >= 11 is 0. The highest BCUT2D eigenvalue weighted by molar-refractivity contribution is 5.92. The number of nitrogens with one attached hydrogen (secondary N) is 2. The highest BCUT2D eigenvalue weighted by atomic mass is 16.5. The Morgan fingerprint density at radius 1 is 1.12 bits per heavy atom. The number of hydrogen-bond donors (Lipinski definition) is 2. The van der Waals surface area contributed by atoms with Crippen LogP contribution >= 0.6 is 0 Å². The summed E-state index contributed by atoms with van der Waals surface area (Å²) in [4.78, 5) is 16.2. The molecule has 1 aromatic heterocycles. The van der Waals surface area contributed by atoms with Crippen molar-refractivity contribution in [3.05, 3.63) is 42.2 Å². The van der Waals surface area contributed by atoms with Gasteiger partial charge in [0.1, 0.15) is 17.2 Å². The van der Waals surface area contributed by atoms with Gasteiger partial charge >= 0.3 is 0 Å². The summed E-state index contributed by atoms with van der Waals surface area (Å²) in [6.45, 7) is 1.16. The van der Waals surface area contributed by atoms with Crippen LogP contribution in [0.2, 0.25) is 0 Å². The Morgan fingerprint density at radius 2 is 1.96 bits per heavy atom. The van der Waals surface area contributed by atoms with Crippen LogP contribution in [0.1, 0.15) is 16.9 Å². The molecule has 0 aliphatic heterocycles. The van der Waals surface area contributed by atoms with E-state index >= 15 is 0 Å². The number of pyridine rings is 1. The van der Waals surface area contributed by atoms with E-state index in [-0.39, 0.29) is 5.91 Å². The van der Waals surface area contributed by atoms with Gasteiger partial charge < -0.3 is 24.8 Å². The quantitative estimate of drug-likeness (QED) is 0.680. The second-order valence-corrected chi connectivity index (χ2v) is 5.23. The van der Waals surface area contributed by atoms with Gasteiger partial charge in [0.05, 0.1) is 31.8 Å². The van der Waals surface area contributed by atoms with Crippen LogP contribution in [0, 0.1) is 0 Å². The molecule has 0 aliphatic rings. The number of carbonyl (C=O) groups is 1. The Balaban J connectivity index is 2.02. The molecule has 7 nitrogen and oxygen atoms in total. The Morgan fingerprint density at radius 3 is 2.60 bits per heavy atom. The largest absolute Gasteiger partial charge is 0.497 e. The third-order valence-corrected chi connectivity index (χ3v) is 3.49.